The van der Waals surface area contributed by atoms with Crippen LogP contribution in [0.5, 0.6) is 5.75 Å². The molecule has 2 aromatic rings. The van der Waals surface area contributed by atoms with Crippen LogP contribution < -0.4 is 10.1 Å². The highest BCUT2D eigenvalue weighted by molar-refractivity contribution is 5.20. The van der Waals surface area contributed by atoms with Gasteiger partial charge in [-0.15, -0.1) is 0 Å². The van der Waals surface area contributed by atoms with Crippen molar-refractivity contribution in [3.05, 3.63) is 42.0 Å². The van der Waals surface area contributed by atoms with Gasteiger partial charge in [0.15, 0.2) is 5.82 Å². The molecule has 0 fully saturated rings. The average molecular weight is 301 g/mol. The number of ether oxygens (including phenoxy) is 1. The van der Waals surface area contributed by atoms with Gasteiger partial charge in [0.1, 0.15) is 5.75 Å². The van der Waals surface area contributed by atoms with Crippen LogP contribution in [0, 0.1) is 0 Å². The fraction of sp³-hybridized carbons (Fsp3) is 0.385. The summed E-state index contributed by atoms with van der Waals surface area (Å²) in [4.78, 5) is 3.97. The molecule has 0 saturated heterocycles. The number of aromatic nitrogens is 2. The largest absolute Gasteiger partial charge is 0.493 e. The van der Waals surface area contributed by atoms with Gasteiger partial charge in [-0.25, -0.2) is 0 Å². The van der Waals surface area contributed by atoms with Crippen molar-refractivity contribution in [3.63, 3.8) is 0 Å². The number of benzene rings is 1. The minimum absolute atomic E-state index is 0.119. The lowest BCUT2D eigenvalue weighted by Crippen LogP contribution is -2.28. The Morgan fingerprint density at radius 1 is 1.19 bits per heavy atom. The molecule has 0 aliphatic carbocycles. The van der Waals surface area contributed by atoms with Gasteiger partial charge in [-0.2, -0.15) is 18.2 Å². The van der Waals surface area contributed by atoms with Gasteiger partial charge in [0.25, 0.3) is 0 Å². The molecule has 0 aliphatic rings. The molecule has 0 bridgehead atoms. The predicted molar refractivity (Wildman–Crippen MR) is 67.7 cm³/mol. The van der Waals surface area contributed by atoms with Crippen molar-refractivity contribution < 1.29 is 22.4 Å². The average Bonchev–Trinajstić information content (AvgIpc) is 2.86. The topological polar surface area (TPSA) is 60.2 Å². The number of nitrogens with zero attached hydrogens (tertiary/aromatic N) is 2. The molecule has 114 valence electrons. The molecule has 5 nitrogen and oxygen atoms in total. The summed E-state index contributed by atoms with van der Waals surface area (Å²) in [5, 5.41) is 5.86. The number of para-hydroxylation sites is 1. The van der Waals surface area contributed by atoms with Gasteiger partial charge < -0.3 is 14.6 Å². The molecule has 0 saturated carbocycles. The normalized spacial score (nSPS) is 11.6. The Hall–Kier alpha value is -2.09. The quantitative estimate of drug-likeness (QED) is 0.850. The maximum Gasteiger partial charge on any atom is 0.401 e. The lowest BCUT2D eigenvalue weighted by atomic mass is 10.3. The number of rotatable bonds is 7. The third-order valence-electron chi connectivity index (χ3n) is 2.45. The van der Waals surface area contributed by atoms with E-state index in [0.717, 1.165) is 5.75 Å². The highest BCUT2D eigenvalue weighted by atomic mass is 19.4. The molecule has 0 amide bonds. The third-order valence-corrected chi connectivity index (χ3v) is 2.45. The molecule has 0 unspecified atom stereocenters. The zero-order chi connectivity index (χ0) is 15.1. The number of halogens is 3. The van der Waals surface area contributed by atoms with E-state index >= 15 is 0 Å². The van der Waals surface area contributed by atoms with E-state index < -0.39 is 12.7 Å². The van der Waals surface area contributed by atoms with Gasteiger partial charge in [0.2, 0.25) is 5.89 Å². The summed E-state index contributed by atoms with van der Waals surface area (Å²) >= 11 is 0. The van der Waals surface area contributed by atoms with E-state index in [4.69, 9.17) is 9.26 Å². The van der Waals surface area contributed by atoms with Crippen molar-refractivity contribution in [2.75, 3.05) is 13.2 Å². The van der Waals surface area contributed by atoms with Gasteiger partial charge in [-0.3, -0.25) is 0 Å². The first-order valence-corrected chi connectivity index (χ1v) is 6.30. The molecule has 0 radical (unpaired) electrons. The molecule has 1 heterocycles. The van der Waals surface area contributed by atoms with Crippen LogP contribution in [0.4, 0.5) is 13.2 Å². The van der Waals surface area contributed by atoms with Crippen molar-refractivity contribution in [1.29, 1.82) is 0 Å². The Balaban J connectivity index is 1.70. The van der Waals surface area contributed by atoms with E-state index in [-0.39, 0.29) is 12.4 Å². The summed E-state index contributed by atoms with van der Waals surface area (Å²) in [5.74, 6) is 1.25. The fourth-order valence-corrected chi connectivity index (χ4v) is 1.55. The summed E-state index contributed by atoms with van der Waals surface area (Å²) in [6, 6.07) is 9.24. The van der Waals surface area contributed by atoms with E-state index in [0.29, 0.717) is 18.9 Å². The predicted octanol–water partition coefficient (Wildman–Crippen LogP) is 2.34. The molecule has 1 N–H and O–H groups in total. The smallest absolute Gasteiger partial charge is 0.401 e. The highest BCUT2D eigenvalue weighted by Gasteiger charge is 2.26. The molecular formula is C13H14F3N3O2. The fourth-order valence-electron chi connectivity index (χ4n) is 1.55. The maximum absolute atomic E-state index is 11.9. The van der Waals surface area contributed by atoms with Crippen LogP contribution in [0.3, 0.4) is 0 Å². The van der Waals surface area contributed by atoms with Crippen LogP contribution in [-0.4, -0.2) is 29.5 Å². The van der Waals surface area contributed by atoms with Crippen molar-refractivity contribution in [2.45, 2.75) is 19.1 Å². The van der Waals surface area contributed by atoms with Gasteiger partial charge in [-0.1, -0.05) is 23.4 Å². The number of hydrogen-bond donors (Lipinski definition) is 1. The van der Waals surface area contributed by atoms with E-state index in [2.05, 4.69) is 15.5 Å². The first-order chi connectivity index (χ1) is 10.0. The van der Waals surface area contributed by atoms with Crippen LogP contribution in [0.25, 0.3) is 0 Å². The Bertz CT molecular complexity index is 543. The van der Waals surface area contributed by atoms with E-state index in [9.17, 15) is 13.2 Å². The summed E-state index contributed by atoms with van der Waals surface area (Å²) in [6.07, 6.45) is -3.84. The van der Waals surface area contributed by atoms with Gasteiger partial charge in [0, 0.05) is 6.42 Å². The summed E-state index contributed by atoms with van der Waals surface area (Å²) in [5.41, 5.74) is 0. The molecule has 8 heteroatoms. The van der Waals surface area contributed by atoms with Gasteiger partial charge in [-0.05, 0) is 12.1 Å². The molecule has 21 heavy (non-hydrogen) atoms. The van der Waals surface area contributed by atoms with E-state index in [1.165, 1.54) is 0 Å². The van der Waals surface area contributed by atoms with Crippen LogP contribution in [-0.2, 0) is 13.0 Å². The van der Waals surface area contributed by atoms with Crippen molar-refractivity contribution in [1.82, 2.24) is 15.5 Å². The van der Waals surface area contributed by atoms with Crippen molar-refractivity contribution >= 4 is 0 Å². The van der Waals surface area contributed by atoms with Crippen molar-refractivity contribution in [3.8, 4) is 5.75 Å². The molecule has 1 aromatic carbocycles. The Morgan fingerprint density at radius 3 is 2.67 bits per heavy atom. The third kappa shape index (κ3) is 5.82. The van der Waals surface area contributed by atoms with Crippen LogP contribution in [0.2, 0.25) is 0 Å². The number of nitrogens with one attached hydrogen (secondary N) is 1. The number of alkyl halides is 3. The zero-order valence-electron chi connectivity index (χ0n) is 11.1. The molecule has 0 spiro atoms. The van der Waals surface area contributed by atoms with Gasteiger partial charge in [0.05, 0.1) is 19.7 Å². The minimum atomic E-state index is -4.26. The molecule has 0 aliphatic heterocycles. The SMILES string of the molecule is FC(F)(F)CNCc1nc(CCOc2ccccc2)no1. The molecule has 1 aromatic heterocycles. The standard InChI is InChI=1S/C13H14F3N3O2/c14-13(15,16)9-17-8-12-18-11(19-21-12)6-7-20-10-4-2-1-3-5-10/h1-5,17H,6-9H2. The lowest BCUT2D eigenvalue weighted by Gasteiger charge is -2.05. The summed E-state index contributed by atoms with van der Waals surface area (Å²) < 4.78 is 46.1. The Kier molecular flexibility index (Phi) is 5.15. The molecule has 2 rings (SSSR count). The van der Waals surface area contributed by atoms with E-state index in [1.807, 2.05) is 30.3 Å². The van der Waals surface area contributed by atoms with Crippen LogP contribution in [0.1, 0.15) is 11.7 Å². The Morgan fingerprint density at radius 2 is 1.95 bits per heavy atom. The first-order valence-electron chi connectivity index (χ1n) is 6.30. The summed E-state index contributed by atoms with van der Waals surface area (Å²) in [7, 11) is 0. The second-order valence-electron chi connectivity index (χ2n) is 4.23. The van der Waals surface area contributed by atoms with Crippen molar-refractivity contribution in [2.24, 2.45) is 0 Å². The first kappa shape index (κ1) is 15.3. The summed E-state index contributed by atoms with van der Waals surface area (Å²) in [6.45, 7) is -0.854. The lowest BCUT2D eigenvalue weighted by molar-refractivity contribution is -0.125. The highest BCUT2D eigenvalue weighted by Crippen LogP contribution is 2.12. The minimum Gasteiger partial charge on any atom is -0.493 e. The second kappa shape index (κ2) is 7.07. The van der Waals surface area contributed by atoms with Crippen LogP contribution in [0.15, 0.2) is 34.9 Å². The van der Waals surface area contributed by atoms with Crippen LogP contribution >= 0.6 is 0 Å². The zero-order valence-corrected chi connectivity index (χ0v) is 11.1. The Labute approximate surface area is 119 Å². The maximum atomic E-state index is 11.9. The second-order valence-corrected chi connectivity index (χ2v) is 4.23. The van der Waals surface area contributed by atoms with E-state index in [1.54, 1.807) is 0 Å². The number of hydrogen-bond acceptors (Lipinski definition) is 5. The monoisotopic (exact) mass is 301 g/mol. The molecule has 0 atom stereocenters. The molecular weight excluding hydrogens is 287 g/mol. The van der Waals surface area contributed by atoms with Gasteiger partial charge >= 0.3 is 6.18 Å².